The minimum Gasteiger partial charge on any atom is -0.369 e. The topological polar surface area (TPSA) is 110 Å². The highest BCUT2D eigenvalue weighted by Crippen LogP contribution is 2.23. The number of aryl methyl sites for hydroxylation is 1. The first kappa shape index (κ1) is 14.5. The molecule has 7 nitrogen and oxygen atoms in total. The summed E-state index contributed by atoms with van der Waals surface area (Å²) < 4.78 is 0. The van der Waals surface area contributed by atoms with Crippen molar-refractivity contribution in [2.24, 2.45) is 17.5 Å². The zero-order valence-electron chi connectivity index (χ0n) is 11.8. The summed E-state index contributed by atoms with van der Waals surface area (Å²) in [6, 6.07) is 1.81. The highest BCUT2D eigenvalue weighted by atomic mass is 16.1. The van der Waals surface area contributed by atoms with Crippen LogP contribution in [0.3, 0.4) is 0 Å². The maximum Gasteiger partial charge on any atom is 0.222 e. The molecule has 1 aliphatic heterocycles. The molecular weight excluding hydrogens is 256 g/mol. The van der Waals surface area contributed by atoms with Gasteiger partial charge in [0.2, 0.25) is 5.91 Å². The first-order chi connectivity index (χ1) is 9.63. The summed E-state index contributed by atoms with van der Waals surface area (Å²) in [4.78, 5) is 22.3. The molecule has 1 fully saturated rings. The number of anilines is 2. The Labute approximate surface area is 118 Å². The fourth-order valence-corrected chi connectivity index (χ4v) is 2.47. The average molecular weight is 278 g/mol. The third-order valence-corrected chi connectivity index (χ3v) is 3.53. The smallest absolute Gasteiger partial charge is 0.222 e. The van der Waals surface area contributed by atoms with Crippen molar-refractivity contribution in [2.45, 2.75) is 32.6 Å². The van der Waals surface area contributed by atoms with Crippen molar-refractivity contribution in [1.82, 2.24) is 9.97 Å². The molecule has 1 aliphatic rings. The van der Waals surface area contributed by atoms with Gasteiger partial charge in [-0.1, -0.05) is 6.92 Å². The van der Waals surface area contributed by atoms with Crippen molar-refractivity contribution >= 4 is 17.5 Å². The van der Waals surface area contributed by atoms with Crippen LogP contribution >= 0.6 is 0 Å². The predicted octanol–water partition coefficient (Wildman–Crippen LogP) is 0.416. The van der Waals surface area contributed by atoms with Gasteiger partial charge < -0.3 is 16.1 Å². The number of rotatable bonds is 5. The van der Waals surface area contributed by atoms with Gasteiger partial charge in [0, 0.05) is 25.6 Å². The molecule has 0 radical (unpaired) electrons. The minimum atomic E-state index is -0.241. The second-order valence-corrected chi connectivity index (χ2v) is 5.11. The van der Waals surface area contributed by atoms with Gasteiger partial charge in [0.05, 0.1) is 5.92 Å². The summed E-state index contributed by atoms with van der Waals surface area (Å²) in [6.07, 6.45) is 3.56. The van der Waals surface area contributed by atoms with Crippen molar-refractivity contribution < 1.29 is 4.79 Å². The van der Waals surface area contributed by atoms with Gasteiger partial charge in [-0.3, -0.25) is 4.79 Å². The van der Waals surface area contributed by atoms with Crippen molar-refractivity contribution in [3.8, 4) is 0 Å². The van der Waals surface area contributed by atoms with Crippen LogP contribution in [0.1, 0.15) is 32.0 Å². The highest BCUT2D eigenvalue weighted by molar-refractivity contribution is 5.77. The number of piperidine rings is 1. The molecule has 0 spiro atoms. The summed E-state index contributed by atoms with van der Waals surface area (Å²) >= 11 is 0. The lowest BCUT2D eigenvalue weighted by atomic mass is 9.97. The number of carbonyl (C=O) groups is 1. The maximum absolute atomic E-state index is 11.4. The van der Waals surface area contributed by atoms with E-state index in [1.165, 1.54) is 0 Å². The molecule has 2 rings (SSSR count). The normalized spacial score (nSPS) is 18.9. The quantitative estimate of drug-likeness (QED) is 0.531. The van der Waals surface area contributed by atoms with E-state index in [-0.39, 0.29) is 11.8 Å². The molecule has 1 saturated heterocycles. The molecule has 0 aromatic carbocycles. The standard InChI is InChI=1S/C13H22N6O/c1-2-4-10-16-11(18-15)7-12(17-10)19-6-3-5-9(8-19)13(14)20/h7,9H,2-6,8,15H2,1H3,(H2,14,20)(H,16,17,18). The molecule has 20 heavy (non-hydrogen) atoms. The van der Waals surface area contributed by atoms with Gasteiger partial charge in [0.1, 0.15) is 17.5 Å². The number of nitrogens with one attached hydrogen (secondary N) is 1. The average Bonchev–Trinajstić information content (AvgIpc) is 2.47. The Balaban J connectivity index is 2.21. The third-order valence-electron chi connectivity index (χ3n) is 3.53. The lowest BCUT2D eigenvalue weighted by molar-refractivity contribution is -0.122. The summed E-state index contributed by atoms with van der Waals surface area (Å²) in [5.74, 6) is 7.27. The van der Waals surface area contributed by atoms with Crippen LogP contribution in [-0.4, -0.2) is 29.0 Å². The van der Waals surface area contributed by atoms with E-state index >= 15 is 0 Å². The predicted molar refractivity (Wildman–Crippen MR) is 78.0 cm³/mol. The number of hydrazine groups is 1. The van der Waals surface area contributed by atoms with Gasteiger partial charge in [0.25, 0.3) is 0 Å². The van der Waals surface area contributed by atoms with E-state index in [1.54, 1.807) is 0 Å². The van der Waals surface area contributed by atoms with E-state index in [2.05, 4.69) is 27.2 Å². The van der Waals surface area contributed by atoms with E-state index < -0.39 is 0 Å². The molecule has 1 aromatic rings. The number of hydrogen-bond acceptors (Lipinski definition) is 6. The summed E-state index contributed by atoms with van der Waals surface area (Å²) in [6.45, 7) is 3.56. The van der Waals surface area contributed by atoms with Gasteiger partial charge >= 0.3 is 0 Å². The van der Waals surface area contributed by atoms with Crippen LogP contribution in [0.2, 0.25) is 0 Å². The SMILES string of the molecule is CCCc1nc(NN)cc(N2CCCC(C(N)=O)C2)n1. The lowest BCUT2D eigenvalue weighted by Crippen LogP contribution is -2.41. The Kier molecular flexibility index (Phi) is 4.73. The number of nitrogens with two attached hydrogens (primary N) is 2. The van der Waals surface area contributed by atoms with Crippen LogP contribution in [0.15, 0.2) is 6.07 Å². The Morgan fingerprint density at radius 3 is 3.00 bits per heavy atom. The molecule has 0 bridgehead atoms. The van der Waals surface area contributed by atoms with Crippen LogP contribution in [0.25, 0.3) is 0 Å². The lowest BCUT2D eigenvalue weighted by Gasteiger charge is -2.32. The van der Waals surface area contributed by atoms with Gasteiger partial charge in [-0.25, -0.2) is 15.8 Å². The Bertz CT molecular complexity index is 478. The van der Waals surface area contributed by atoms with Crippen molar-refractivity contribution in [2.75, 3.05) is 23.4 Å². The minimum absolute atomic E-state index is 0.109. The first-order valence-electron chi connectivity index (χ1n) is 7.03. The number of carbonyl (C=O) groups excluding carboxylic acids is 1. The number of nitrogens with zero attached hydrogens (tertiary/aromatic N) is 3. The second kappa shape index (κ2) is 6.51. The van der Waals surface area contributed by atoms with E-state index in [0.717, 1.165) is 43.9 Å². The van der Waals surface area contributed by atoms with E-state index in [4.69, 9.17) is 11.6 Å². The van der Waals surface area contributed by atoms with Crippen molar-refractivity contribution in [1.29, 1.82) is 0 Å². The molecule has 1 amide bonds. The van der Waals surface area contributed by atoms with Gasteiger partial charge in [-0.15, -0.1) is 0 Å². The summed E-state index contributed by atoms with van der Waals surface area (Å²) in [7, 11) is 0. The van der Waals surface area contributed by atoms with Crippen LogP contribution in [-0.2, 0) is 11.2 Å². The van der Waals surface area contributed by atoms with E-state index in [0.29, 0.717) is 12.4 Å². The largest absolute Gasteiger partial charge is 0.369 e. The second-order valence-electron chi connectivity index (χ2n) is 5.11. The van der Waals surface area contributed by atoms with Gasteiger partial charge in [-0.05, 0) is 19.3 Å². The number of nitrogen functional groups attached to an aromatic ring is 1. The number of primary amides is 1. The molecule has 1 atom stereocenters. The summed E-state index contributed by atoms with van der Waals surface area (Å²) in [5.41, 5.74) is 7.98. The molecule has 1 aromatic heterocycles. The molecule has 5 N–H and O–H groups in total. The van der Waals surface area contributed by atoms with Crippen LogP contribution < -0.4 is 21.9 Å². The zero-order chi connectivity index (χ0) is 14.5. The fourth-order valence-electron chi connectivity index (χ4n) is 2.47. The van der Waals surface area contributed by atoms with E-state index in [9.17, 15) is 4.79 Å². The molecule has 110 valence electrons. The van der Waals surface area contributed by atoms with E-state index in [1.807, 2.05) is 6.07 Å². The van der Waals surface area contributed by atoms with Crippen LogP contribution in [0.5, 0.6) is 0 Å². The van der Waals surface area contributed by atoms with Crippen molar-refractivity contribution in [3.63, 3.8) is 0 Å². The summed E-state index contributed by atoms with van der Waals surface area (Å²) in [5, 5.41) is 0. The zero-order valence-corrected chi connectivity index (χ0v) is 11.8. The van der Waals surface area contributed by atoms with Gasteiger partial charge in [-0.2, -0.15) is 0 Å². The number of aromatic nitrogens is 2. The fraction of sp³-hybridized carbons (Fsp3) is 0.615. The molecule has 0 aliphatic carbocycles. The van der Waals surface area contributed by atoms with Gasteiger partial charge in [0.15, 0.2) is 0 Å². The molecule has 2 heterocycles. The third kappa shape index (κ3) is 3.36. The monoisotopic (exact) mass is 278 g/mol. The highest BCUT2D eigenvalue weighted by Gasteiger charge is 2.25. The Morgan fingerprint density at radius 1 is 1.55 bits per heavy atom. The molecule has 0 saturated carbocycles. The maximum atomic E-state index is 11.4. The van der Waals surface area contributed by atoms with Crippen LogP contribution in [0, 0.1) is 5.92 Å². The molecular formula is C13H22N6O. The number of hydrogen-bond donors (Lipinski definition) is 3. The Morgan fingerprint density at radius 2 is 2.35 bits per heavy atom. The van der Waals surface area contributed by atoms with Crippen molar-refractivity contribution in [3.05, 3.63) is 11.9 Å². The number of amides is 1. The Hall–Kier alpha value is -1.89. The molecule has 7 heteroatoms. The molecule has 1 unspecified atom stereocenters. The van der Waals surface area contributed by atoms with Crippen LogP contribution in [0.4, 0.5) is 11.6 Å². The first-order valence-corrected chi connectivity index (χ1v) is 7.03.